The predicted octanol–water partition coefficient (Wildman–Crippen LogP) is 2.69. The molecule has 2 N–H and O–H groups in total. The molecule has 6 nitrogen and oxygen atoms in total. The van der Waals surface area contributed by atoms with Gasteiger partial charge in [-0.05, 0) is 54.6 Å². The van der Waals surface area contributed by atoms with Gasteiger partial charge in [0.25, 0.3) is 5.91 Å². The maximum absolute atomic E-state index is 12.4. The van der Waals surface area contributed by atoms with Crippen LogP contribution in [0.1, 0.15) is 43.2 Å². The van der Waals surface area contributed by atoms with E-state index in [4.69, 9.17) is 4.74 Å². The third-order valence-corrected chi connectivity index (χ3v) is 4.67. The Morgan fingerprint density at radius 2 is 2.09 bits per heavy atom. The number of halogens is 1. The van der Waals surface area contributed by atoms with Crippen LogP contribution in [0.15, 0.2) is 16.7 Å². The number of nitrogens with one attached hydrogen (secondary N) is 1. The average Bonchev–Trinajstić information content (AvgIpc) is 2.90. The average molecular weight is 387 g/mol. The first kappa shape index (κ1) is 18.0. The highest BCUT2D eigenvalue weighted by Crippen LogP contribution is 2.24. The first-order valence-electron chi connectivity index (χ1n) is 7.86. The number of carbonyl (C=O) groups excluding carboxylic acids is 1. The van der Waals surface area contributed by atoms with Gasteiger partial charge in [-0.2, -0.15) is 0 Å². The smallest absolute Gasteiger partial charge is 0.308 e. The molecule has 0 bridgehead atoms. The molecule has 2 rings (SSSR count). The van der Waals surface area contributed by atoms with Crippen molar-refractivity contribution in [3.8, 4) is 0 Å². The number of nitrogens with zero attached hydrogens (tertiary/aromatic N) is 1. The van der Waals surface area contributed by atoms with E-state index in [0.29, 0.717) is 18.9 Å². The highest BCUT2D eigenvalue weighted by molar-refractivity contribution is 9.10. The van der Waals surface area contributed by atoms with E-state index in [9.17, 15) is 14.7 Å². The molecule has 1 unspecified atom stereocenters. The Balaban J connectivity index is 2.03. The van der Waals surface area contributed by atoms with E-state index in [1.807, 2.05) is 24.6 Å². The van der Waals surface area contributed by atoms with E-state index in [1.54, 1.807) is 6.07 Å². The minimum atomic E-state index is -0.863. The van der Waals surface area contributed by atoms with Crippen molar-refractivity contribution in [3.05, 3.63) is 22.4 Å². The number of rotatable bonds is 6. The molecule has 7 heteroatoms. The zero-order chi connectivity index (χ0) is 17.0. The van der Waals surface area contributed by atoms with Crippen molar-refractivity contribution in [2.45, 2.75) is 32.7 Å². The van der Waals surface area contributed by atoms with E-state index in [1.165, 1.54) is 0 Å². The zero-order valence-electron chi connectivity index (χ0n) is 13.4. The van der Waals surface area contributed by atoms with Gasteiger partial charge in [0.05, 0.1) is 5.92 Å². The standard InChI is InChI=1S/C16H23BrN2O4/c1-10(2)19-9-12(17)7-14(19)15(20)18-8-13(16(21)22)11-3-5-23-6-4-11/h7,9-11,13H,3-6,8H2,1-2H3,(H,18,20)(H,21,22). The number of carboxylic acids is 1. The molecule has 1 aromatic heterocycles. The molecule has 1 aliphatic heterocycles. The van der Waals surface area contributed by atoms with Gasteiger partial charge in [0.1, 0.15) is 5.69 Å². The lowest BCUT2D eigenvalue weighted by Gasteiger charge is -2.27. The van der Waals surface area contributed by atoms with Gasteiger partial charge in [0, 0.05) is 36.5 Å². The molecule has 0 spiro atoms. The van der Waals surface area contributed by atoms with Gasteiger partial charge in [-0.1, -0.05) is 0 Å². The molecule has 0 aromatic carbocycles. The fourth-order valence-electron chi connectivity index (χ4n) is 2.92. The van der Waals surface area contributed by atoms with Gasteiger partial charge in [-0.3, -0.25) is 9.59 Å². The van der Waals surface area contributed by atoms with Crippen molar-refractivity contribution in [1.82, 2.24) is 9.88 Å². The number of hydrogen-bond acceptors (Lipinski definition) is 3. The lowest BCUT2D eigenvalue weighted by atomic mass is 9.86. The van der Waals surface area contributed by atoms with Gasteiger partial charge >= 0.3 is 5.97 Å². The number of aliphatic carboxylic acids is 1. The molecule has 1 aliphatic rings. The molecular formula is C16H23BrN2O4. The summed E-state index contributed by atoms with van der Waals surface area (Å²) in [5.74, 6) is -1.64. The normalized spacial score (nSPS) is 17.2. The molecule has 1 atom stereocenters. The summed E-state index contributed by atoms with van der Waals surface area (Å²) in [6.45, 7) is 5.30. The van der Waals surface area contributed by atoms with Crippen LogP contribution in [0.4, 0.5) is 0 Å². The first-order valence-corrected chi connectivity index (χ1v) is 8.65. The number of aromatic nitrogens is 1. The van der Waals surface area contributed by atoms with Crippen molar-refractivity contribution in [2.24, 2.45) is 11.8 Å². The van der Waals surface area contributed by atoms with Gasteiger partial charge in [-0.15, -0.1) is 0 Å². The fourth-order valence-corrected chi connectivity index (χ4v) is 3.36. The van der Waals surface area contributed by atoms with Crippen LogP contribution in [-0.2, 0) is 9.53 Å². The highest BCUT2D eigenvalue weighted by atomic mass is 79.9. The van der Waals surface area contributed by atoms with Crippen LogP contribution < -0.4 is 5.32 Å². The van der Waals surface area contributed by atoms with Crippen LogP contribution >= 0.6 is 15.9 Å². The summed E-state index contributed by atoms with van der Waals surface area (Å²) in [5.41, 5.74) is 0.531. The Bertz CT molecular complexity index is 564. The summed E-state index contributed by atoms with van der Waals surface area (Å²) in [4.78, 5) is 23.9. The monoisotopic (exact) mass is 386 g/mol. The molecule has 0 radical (unpaired) electrons. The second-order valence-corrected chi connectivity index (χ2v) is 7.06. The van der Waals surface area contributed by atoms with Crippen molar-refractivity contribution in [2.75, 3.05) is 19.8 Å². The predicted molar refractivity (Wildman–Crippen MR) is 89.5 cm³/mol. The fraction of sp³-hybridized carbons (Fsp3) is 0.625. The summed E-state index contributed by atoms with van der Waals surface area (Å²) >= 11 is 3.38. The maximum Gasteiger partial charge on any atom is 0.308 e. The van der Waals surface area contributed by atoms with Crippen LogP contribution in [0, 0.1) is 11.8 Å². The number of ether oxygens (including phenoxy) is 1. The van der Waals surface area contributed by atoms with E-state index >= 15 is 0 Å². The molecule has 1 saturated heterocycles. The van der Waals surface area contributed by atoms with Crippen LogP contribution in [0.25, 0.3) is 0 Å². The SMILES string of the molecule is CC(C)n1cc(Br)cc1C(=O)NCC(C(=O)O)C1CCOCC1. The zero-order valence-corrected chi connectivity index (χ0v) is 15.0. The van der Waals surface area contributed by atoms with Gasteiger partial charge in [0.2, 0.25) is 0 Å². The molecule has 23 heavy (non-hydrogen) atoms. The third-order valence-electron chi connectivity index (χ3n) is 4.24. The van der Waals surface area contributed by atoms with Crippen LogP contribution in [0.2, 0.25) is 0 Å². The molecule has 128 valence electrons. The number of carbonyl (C=O) groups is 2. The quantitative estimate of drug-likeness (QED) is 0.787. The Kier molecular flexibility index (Phi) is 6.24. The van der Waals surface area contributed by atoms with Crippen LogP contribution in [-0.4, -0.2) is 41.3 Å². The van der Waals surface area contributed by atoms with Gasteiger partial charge in [-0.25, -0.2) is 0 Å². The van der Waals surface area contributed by atoms with E-state index < -0.39 is 11.9 Å². The Morgan fingerprint density at radius 1 is 1.43 bits per heavy atom. The summed E-state index contributed by atoms with van der Waals surface area (Å²) in [6.07, 6.45) is 3.30. The number of hydrogen-bond donors (Lipinski definition) is 2. The van der Waals surface area contributed by atoms with E-state index in [0.717, 1.165) is 17.3 Å². The third kappa shape index (κ3) is 4.57. The summed E-state index contributed by atoms with van der Waals surface area (Å²) in [5, 5.41) is 12.2. The minimum absolute atomic E-state index is 0.0465. The summed E-state index contributed by atoms with van der Waals surface area (Å²) in [7, 11) is 0. The largest absolute Gasteiger partial charge is 0.481 e. The number of amides is 1. The lowest BCUT2D eigenvalue weighted by molar-refractivity contribution is -0.144. The van der Waals surface area contributed by atoms with Crippen molar-refractivity contribution < 1.29 is 19.4 Å². The molecule has 1 amide bonds. The van der Waals surface area contributed by atoms with Gasteiger partial charge in [0.15, 0.2) is 0 Å². The van der Waals surface area contributed by atoms with E-state index in [2.05, 4.69) is 21.2 Å². The van der Waals surface area contributed by atoms with Crippen LogP contribution in [0.3, 0.4) is 0 Å². The minimum Gasteiger partial charge on any atom is -0.481 e. The highest BCUT2D eigenvalue weighted by Gasteiger charge is 2.30. The molecule has 1 fully saturated rings. The summed E-state index contributed by atoms with van der Waals surface area (Å²) < 4.78 is 7.97. The Hall–Kier alpha value is -1.34. The molecule has 2 heterocycles. The topological polar surface area (TPSA) is 80.6 Å². The summed E-state index contributed by atoms with van der Waals surface area (Å²) in [6, 6.07) is 1.90. The Morgan fingerprint density at radius 3 is 2.65 bits per heavy atom. The van der Waals surface area contributed by atoms with Crippen molar-refractivity contribution >= 4 is 27.8 Å². The van der Waals surface area contributed by atoms with E-state index in [-0.39, 0.29) is 24.4 Å². The second-order valence-electron chi connectivity index (χ2n) is 6.15. The second kappa shape index (κ2) is 7.97. The molecular weight excluding hydrogens is 364 g/mol. The molecule has 0 saturated carbocycles. The lowest BCUT2D eigenvalue weighted by Crippen LogP contribution is -2.39. The molecule has 1 aromatic rings. The Labute approximate surface area is 144 Å². The van der Waals surface area contributed by atoms with Crippen molar-refractivity contribution in [3.63, 3.8) is 0 Å². The van der Waals surface area contributed by atoms with Crippen LogP contribution in [0.5, 0.6) is 0 Å². The molecule has 0 aliphatic carbocycles. The van der Waals surface area contributed by atoms with Crippen molar-refractivity contribution in [1.29, 1.82) is 0 Å². The number of carboxylic acid groups (broad SMARTS) is 1. The first-order chi connectivity index (χ1) is 10.9. The maximum atomic E-state index is 12.4. The van der Waals surface area contributed by atoms with Gasteiger partial charge < -0.3 is 19.7 Å².